The van der Waals surface area contributed by atoms with Crippen molar-refractivity contribution in [3.63, 3.8) is 0 Å². The van der Waals surface area contributed by atoms with Crippen molar-refractivity contribution in [3.8, 4) is 11.1 Å². The molecule has 1 aromatic carbocycles. The first-order valence-corrected chi connectivity index (χ1v) is 8.47. The van der Waals surface area contributed by atoms with E-state index < -0.39 is 11.2 Å². The third-order valence-corrected chi connectivity index (χ3v) is 5.07. The van der Waals surface area contributed by atoms with Crippen LogP contribution in [0.25, 0.3) is 22.2 Å². The summed E-state index contributed by atoms with van der Waals surface area (Å²) in [4.78, 5) is 41.8. The molecule has 0 unspecified atom stereocenters. The second-order valence-electron chi connectivity index (χ2n) is 6.04. The van der Waals surface area contributed by atoms with E-state index in [4.69, 9.17) is 23.2 Å². The van der Waals surface area contributed by atoms with Gasteiger partial charge in [-0.05, 0) is 31.5 Å². The van der Waals surface area contributed by atoms with Gasteiger partial charge in [-0.15, -0.1) is 0 Å². The van der Waals surface area contributed by atoms with Crippen LogP contribution < -0.4 is 11.2 Å². The molecule has 0 saturated carbocycles. The van der Waals surface area contributed by atoms with Crippen LogP contribution in [0.2, 0.25) is 10.0 Å². The Morgan fingerprint density at radius 2 is 1.73 bits per heavy atom. The Balaban J connectivity index is 2.67. The topological polar surface area (TPSA) is 74.0 Å². The summed E-state index contributed by atoms with van der Waals surface area (Å²) in [5, 5.41) is 0.835. The molecular formula is C18H15Cl2N3O3. The van der Waals surface area contributed by atoms with Crippen LogP contribution in [-0.4, -0.2) is 19.9 Å². The Morgan fingerprint density at radius 3 is 2.31 bits per heavy atom. The van der Waals surface area contributed by atoms with Crippen LogP contribution in [0.4, 0.5) is 0 Å². The van der Waals surface area contributed by atoms with Crippen LogP contribution in [0.15, 0.2) is 27.8 Å². The van der Waals surface area contributed by atoms with Gasteiger partial charge >= 0.3 is 5.69 Å². The highest BCUT2D eigenvalue weighted by Gasteiger charge is 2.23. The lowest BCUT2D eigenvalue weighted by Crippen LogP contribution is -2.38. The number of pyridine rings is 1. The van der Waals surface area contributed by atoms with Gasteiger partial charge in [0.2, 0.25) is 0 Å². The summed E-state index contributed by atoms with van der Waals surface area (Å²) in [6.07, 6.45) is 0. The predicted octanol–water partition coefficient (Wildman–Crippen LogP) is 3.12. The van der Waals surface area contributed by atoms with Gasteiger partial charge in [0.25, 0.3) is 5.56 Å². The van der Waals surface area contributed by atoms with Crippen molar-refractivity contribution in [2.75, 3.05) is 0 Å². The van der Waals surface area contributed by atoms with Gasteiger partial charge in [0.15, 0.2) is 5.78 Å². The summed E-state index contributed by atoms with van der Waals surface area (Å²) >= 11 is 12.1. The van der Waals surface area contributed by atoms with Gasteiger partial charge in [-0.2, -0.15) is 0 Å². The number of nitrogens with zero attached hydrogens (tertiary/aromatic N) is 3. The van der Waals surface area contributed by atoms with Crippen molar-refractivity contribution < 1.29 is 4.79 Å². The van der Waals surface area contributed by atoms with E-state index in [-0.39, 0.29) is 16.8 Å². The van der Waals surface area contributed by atoms with Gasteiger partial charge in [-0.3, -0.25) is 18.7 Å². The van der Waals surface area contributed by atoms with E-state index in [0.29, 0.717) is 32.4 Å². The Hall–Kier alpha value is -2.44. The molecule has 26 heavy (non-hydrogen) atoms. The molecule has 0 atom stereocenters. The molecule has 0 amide bonds. The van der Waals surface area contributed by atoms with Crippen molar-refractivity contribution in [1.82, 2.24) is 14.1 Å². The molecule has 134 valence electrons. The normalized spacial score (nSPS) is 11.2. The SMILES string of the molecule is CC(=O)c1c(C)nc2c(c1-c1ccc(Cl)c(Cl)c1)c(=O)n(C)c(=O)n2C. The molecule has 0 spiro atoms. The Labute approximate surface area is 158 Å². The summed E-state index contributed by atoms with van der Waals surface area (Å²) in [7, 11) is 2.92. The Bertz CT molecular complexity index is 1210. The molecule has 3 aromatic rings. The van der Waals surface area contributed by atoms with Gasteiger partial charge < -0.3 is 0 Å². The zero-order chi connectivity index (χ0) is 19.3. The molecule has 2 aromatic heterocycles. The molecule has 6 nitrogen and oxygen atoms in total. The highest BCUT2D eigenvalue weighted by Crippen LogP contribution is 2.34. The summed E-state index contributed by atoms with van der Waals surface area (Å²) in [5.41, 5.74) is 0.873. The molecule has 0 radical (unpaired) electrons. The minimum Gasteiger partial charge on any atom is -0.294 e. The molecule has 0 N–H and O–H groups in total. The number of rotatable bonds is 2. The van der Waals surface area contributed by atoms with E-state index in [1.54, 1.807) is 25.1 Å². The predicted molar refractivity (Wildman–Crippen MR) is 102 cm³/mol. The number of carbonyl (C=O) groups excluding carboxylic acids is 1. The smallest absolute Gasteiger partial charge is 0.294 e. The van der Waals surface area contributed by atoms with Gasteiger partial charge in [0.1, 0.15) is 5.65 Å². The number of Topliss-reactive ketones (excluding diaryl/α,β-unsaturated/α-hetero) is 1. The molecule has 3 rings (SSSR count). The standard InChI is InChI=1S/C18H15Cl2N3O3/c1-8-13(9(2)24)14(10-5-6-11(19)12(20)7-10)15-16(21-8)22(3)18(26)23(4)17(15)25/h5-7H,1-4H3. The van der Waals surface area contributed by atoms with Crippen molar-refractivity contribution >= 4 is 40.0 Å². The molecule has 0 fully saturated rings. The van der Waals surface area contributed by atoms with Crippen molar-refractivity contribution in [2.24, 2.45) is 14.1 Å². The van der Waals surface area contributed by atoms with E-state index in [2.05, 4.69) is 4.98 Å². The van der Waals surface area contributed by atoms with Gasteiger partial charge in [-0.25, -0.2) is 9.78 Å². The quantitative estimate of drug-likeness (QED) is 0.629. The van der Waals surface area contributed by atoms with Crippen molar-refractivity contribution in [2.45, 2.75) is 13.8 Å². The number of ketones is 1. The maximum Gasteiger partial charge on any atom is 0.332 e. The summed E-state index contributed by atoms with van der Waals surface area (Å²) in [6.45, 7) is 3.07. The Kier molecular flexibility index (Phi) is 4.50. The second kappa shape index (κ2) is 6.37. The molecule has 0 aliphatic carbocycles. The zero-order valence-electron chi connectivity index (χ0n) is 14.6. The number of hydrogen-bond acceptors (Lipinski definition) is 4. The van der Waals surface area contributed by atoms with Crippen molar-refractivity contribution in [3.05, 3.63) is 60.3 Å². The fourth-order valence-electron chi connectivity index (χ4n) is 3.07. The van der Waals surface area contributed by atoms with E-state index in [1.165, 1.54) is 25.6 Å². The van der Waals surface area contributed by atoms with Crippen LogP contribution in [0.3, 0.4) is 0 Å². The molecule has 0 aliphatic rings. The number of halogens is 2. The third-order valence-electron chi connectivity index (χ3n) is 4.33. The summed E-state index contributed by atoms with van der Waals surface area (Å²) < 4.78 is 2.28. The first-order valence-electron chi connectivity index (χ1n) is 7.71. The number of aromatic nitrogens is 3. The van der Waals surface area contributed by atoms with Gasteiger partial charge in [0.05, 0.1) is 21.1 Å². The molecule has 8 heteroatoms. The number of carbonyl (C=O) groups is 1. The molecule has 2 heterocycles. The number of fused-ring (bicyclic) bond motifs is 1. The maximum absolute atomic E-state index is 12.9. The maximum atomic E-state index is 12.9. The van der Waals surface area contributed by atoms with E-state index >= 15 is 0 Å². The third kappa shape index (κ3) is 2.66. The van der Waals surface area contributed by atoms with Crippen LogP contribution in [0.5, 0.6) is 0 Å². The average Bonchev–Trinajstić information content (AvgIpc) is 2.59. The monoisotopic (exact) mass is 391 g/mol. The minimum absolute atomic E-state index is 0.184. The lowest BCUT2D eigenvalue weighted by atomic mass is 9.94. The van der Waals surface area contributed by atoms with Gasteiger partial charge in [0, 0.05) is 25.2 Å². The summed E-state index contributed by atoms with van der Waals surface area (Å²) in [6, 6.07) is 4.87. The highest BCUT2D eigenvalue weighted by atomic mass is 35.5. The number of benzene rings is 1. The fourth-order valence-corrected chi connectivity index (χ4v) is 3.37. The van der Waals surface area contributed by atoms with E-state index in [0.717, 1.165) is 4.57 Å². The van der Waals surface area contributed by atoms with Crippen LogP contribution >= 0.6 is 23.2 Å². The largest absolute Gasteiger partial charge is 0.332 e. The highest BCUT2D eigenvalue weighted by molar-refractivity contribution is 6.42. The fraction of sp³-hybridized carbons (Fsp3) is 0.222. The first-order chi connectivity index (χ1) is 12.1. The van der Waals surface area contributed by atoms with Crippen LogP contribution in [0, 0.1) is 6.92 Å². The molecule has 0 saturated heterocycles. The molecule has 0 aliphatic heterocycles. The van der Waals surface area contributed by atoms with E-state index in [1.807, 2.05) is 0 Å². The van der Waals surface area contributed by atoms with Crippen molar-refractivity contribution in [1.29, 1.82) is 0 Å². The number of aryl methyl sites for hydroxylation is 2. The summed E-state index contributed by atoms with van der Waals surface area (Å²) in [5.74, 6) is -0.242. The Morgan fingerprint density at radius 1 is 1.08 bits per heavy atom. The molecule has 0 bridgehead atoms. The average molecular weight is 392 g/mol. The number of hydrogen-bond donors (Lipinski definition) is 0. The first kappa shape index (κ1) is 18.4. The minimum atomic E-state index is -0.529. The second-order valence-corrected chi connectivity index (χ2v) is 6.85. The van der Waals surface area contributed by atoms with Gasteiger partial charge in [-0.1, -0.05) is 29.3 Å². The zero-order valence-corrected chi connectivity index (χ0v) is 16.1. The van der Waals surface area contributed by atoms with Crippen LogP contribution in [-0.2, 0) is 14.1 Å². The molecular weight excluding hydrogens is 377 g/mol. The lowest BCUT2D eigenvalue weighted by Gasteiger charge is -2.16. The lowest BCUT2D eigenvalue weighted by molar-refractivity contribution is 0.101. The van der Waals surface area contributed by atoms with Crippen LogP contribution in [0.1, 0.15) is 23.0 Å². The van der Waals surface area contributed by atoms with E-state index in [9.17, 15) is 14.4 Å².